The Morgan fingerprint density at radius 3 is 2.58 bits per heavy atom. The first kappa shape index (κ1) is 23.0. The fourth-order valence-corrected chi connectivity index (χ4v) is 7.60. The molecule has 1 aliphatic carbocycles. The first-order chi connectivity index (χ1) is 15.4. The lowest BCUT2D eigenvalue weighted by molar-refractivity contribution is -0.132. The molecule has 6 heteroatoms. The number of fused-ring (bicyclic) bond motifs is 1. The Kier molecular flexibility index (Phi) is 5.51. The second-order valence-electron chi connectivity index (χ2n) is 12.7. The molecule has 1 aromatic carbocycles. The number of aliphatic imine (C=N–C) groups is 1. The van der Waals surface area contributed by atoms with Crippen molar-refractivity contribution in [2.24, 2.45) is 22.2 Å². The lowest BCUT2D eigenvalue weighted by Gasteiger charge is -2.51. The summed E-state index contributed by atoms with van der Waals surface area (Å²) in [5.74, 6) is 2.45. The first-order valence-electron chi connectivity index (χ1n) is 12.7. The molecule has 1 amide bonds. The van der Waals surface area contributed by atoms with Gasteiger partial charge in [-0.2, -0.15) is 0 Å². The van der Waals surface area contributed by atoms with Gasteiger partial charge in [0.2, 0.25) is 5.91 Å². The third-order valence-electron chi connectivity index (χ3n) is 8.01. The van der Waals surface area contributed by atoms with Crippen molar-refractivity contribution in [1.82, 2.24) is 4.90 Å². The van der Waals surface area contributed by atoms with Gasteiger partial charge in [0.15, 0.2) is 0 Å². The molecule has 4 aliphatic rings. The van der Waals surface area contributed by atoms with Gasteiger partial charge >= 0.3 is 0 Å². The number of benzene rings is 1. The van der Waals surface area contributed by atoms with E-state index < -0.39 is 0 Å². The van der Waals surface area contributed by atoms with Crippen molar-refractivity contribution in [3.05, 3.63) is 23.2 Å². The number of halogens is 1. The Labute approximate surface area is 203 Å². The normalized spacial score (nSPS) is 32.8. The van der Waals surface area contributed by atoms with Gasteiger partial charge in [0, 0.05) is 24.0 Å². The number of rotatable bonds is 2. The van der Waals surface area contributed by atoms with Gasteiger partial charge in [-0.25, -0.2) is 0 Å². The highest BCUT2D eigenvalue weighted by atomic mass is 35.5. The molecule has 0 radical (unpaired) electrons. The zero-order valence-corrected chi connectivity index (χ0v) is 21.6. The van der Waals surface area contributed by atoms with Gasteiger partial charge in [-0.3, -0.25) is 9.79 Å². The van der Waals surface area contributed by atoms with Crippen molar-refractivity contribution < 1.29 is 4.79 Å². The van der Waals surface area contributed by atoms with E-state index in [-0.39, 0.29) is 16.5 Å². The van der Waals surface area contributed by atoms with E-state index in [2.05, 4.69) is 56.2 Å². The Balaban J connectivity index is 1.57. The average Bonchev–Trinajstić information content (AvgIpc) is 3.03. The minimum absolute atomic E-state index is 0.183. The van der Waals surface area contributed by atoms with Crippen molar-refractivity contribution in [3.8, 4) is 0 Å². The monoisotopic (exact) mass is 470 g/mol. The number of nitrogens with zero attached hydrogens (tertiary/aromatic N) is 2. The van der Waals surface area contributed by atoms with Crippen molar-refractivity contribution in [2.75, 3.05) is 17.2 Å². The number of hydrogen-bond acceptors (Lipinski definition) is 3. The molecule has 1 saturated carbocycles. The Morgan fingerprint density at radius 1 is 1.12 bits per heavy atom. The molecule has 0 bridgehead atoms. The molecule has 4 atom stereocenters. The van der Waals surface area contributed by atoms with Crippen LogP contribution >= 0.6 is 11.6 Å². The molecular formula is C27H39ClN4O. The van der Waals surface area contributed by atoms with E-state index in [1.165, 1.54) is 0 Å². The van der Waals surface area contributed by atoms with E-state index in [1.807, 2.05) is 12.1 Å². The Hall–Kier alpha value is -1.75. The Morgan fingerprint density at radius 2 is 1.85 bits per heavy atom. The van der Waals surface area contributed by atoms with E-state index >= 15 is 0 Å². The largest absolute Gasteiger partial charge is 0.371 e. The first-order valence-corrected chi connectivity index (χ1v) is 13.1. The summed E-state index contributed by atoms with van der Waals surface area (Å²) in [6, 6.07) is 6.42. The predicted octanol–water partition coefficient (Wildman–Crippen LogP) is 6.34. The number of carbonyl (C=O) groups is 1. The summed E-state index contributed by atoms with van der Waals surface area (Å²) in [4.78, 5) is 20.4. The minimum Gasteiger partial charge on any atom is -0.371 e. The zero-order chi connectivity index (χ0) is 23.6. The minimum atomic E-state index is -0.248. The molecule has 0 aromatic heterocycles. The van der Waals surface area contributed by atoms with Gasteiger partial charge in [-0.05, 0) is 87.8 Å². The summed E-state index contributed by atoms with van der Waals surface area (Å²) in [6.07, 6.45) is 6.92. The molecule has 3 fully saturated rings. The molecular weight excluding hydrogens is 432 g/mol. The second-order valence-corrected chi connectivity index (χ2v) is 13.2. The molecule has 3 heterocycles. The van der Waals surface area contributed by atoms with Crippen LogP contribution in [0.2, 0.25) is 5.02 Å². The molecule has 2 N–H and O–H groups in total. The van der Waals surface area contributed by atoms with Gasteiger partial charge in [-0.1, -0.05) is 32.4 Å². The molecule has 180 valence electrons. The summed E-state index contributed by atoms with van der Waals surface area (Å²) < 4.78 is 0. The fourth-order valence-electron chi connectivity index (χ4n) is 7.43. The summed E-state index contributed by atoms with van der Waals surface area (Å²) >= 11 is 6.39. The maximum Gasteiger partial charge on any atom is 0.222 e. The van der Waals surface area contributed by atoms with Crippen LogP contribution in [0.4, 0.5) is 11.4 Å². The van der Waals surface area contributed by atoms with E-state index in [0.717, 1.165) is 67.3 Å². The SMILES string of the molecule is CC(C)(C)CC(C)(C)N=C1Nc2ccc(Cl)cc2N[C@]12C[C@H]1CCCC(=O)N3CC[C@@H](C2)[C@@H]13. The third kappa shape index (κ3) is 4.38. The summed E-state index contributed by atoms with van der Waals surface area (Å²) in [5.41, 5.74) is 1.87. The summed E-state index contributed by atoms with van der Waals surface area (Å²) in [7, 11) is 0. The van der Waals surface area contributed by atoms with Crippen molar-refractivity contribution in [1.29, 1.82) is 0 Å². The van der Waals surface area contributed by atoms with Crippen LogP contribution in [-0.4, -0.2) is 40.3 Å². The van der Waals surface area contributed by atoms with Gasteiger partial charge in [-0.15, -0.1) is 0 Å². The van der Waals surface area contributed by atoms with Gasteiger partial charge in [0.1, 0.15) is 5.84 Å². The van der Waals surface area contributed by atoms with Crippen LogP contribution in [0.5, 0.6) is 0 Å². The number of hydrogen-bond donors (Lipinski definition) is 2. The van der Waals surface area contributed by atoms with Crippen LogP contribution in [0.3, 0.4) is 0 Å². The van der Waals surface area contributed by atoms with E-state index in [4.69, 9.17) is 16.6 Å². The van der Waals surface area contributed by atoms with Crippen LogP contribution in [0.15, 0.2) is 23.2 Å². The average molecular weight is 471 g/mol. The summed E-state index contributed by atoms with van der Waals surface area (Å²) in [6.45, 7) is 12.3. The maximum atomic E-state index is 12.7. The molecule has 5 rings (SSSR count). The maximum absolute atomic E-state index is 12.7. The van der Waals surface area contributed by atoms with E-state index in [9.17, 15) is 4.79 Å². The smallest absolute Gasteiger partial charge is 0.222 e. The molecule has 0 unspecified atom stereocenters. The van der Waals surface area contributed by atoms with Gasteiger partial charge in [0.05, 0.1) is 22.5 Å². The van der Waals surface area contributed by atoms with Gasteiger partial charge < -0.3 is 15.5 Å². The molecule has 2 saturated heterocycles. The number of anilines is 2. The van der Waals surface area contributed by atoms with Crippen LogP contribution in [-0.2, 0) is 4.79 Å². The molecule has 1 aromatic rings. The number of nitrogens with one attached hydrogen (secondary N) is 2. The second kappa shape index (κ2) is 7.90. The van der Waals surface area contributed by atoms with Crippen LogP contribution in [0, 0.1) is 17.3 Å². The van der Waals surface area contributed by atoms with Crippen molar-refractivity contribution in [2.45, 2.75) is 96.7 Å². The third-order valence-corrected chi connectivity index (χ3v) is 8.25. The predicted molar refractivity (Wildman–Crippen MR) is 137 cm³/mol. The molecule has 5 nitrogen and oxygen atoms in total. The lowest BCUT2D eigenvalue weighted by Crippen LogP contribution is -2.61. The summed E-state index contributed by atoms with van der Waals surface area (Å²) in [5, 5.41) is 8.45. The van der Waals surface area contributed by atoms with E-state index in [1.54, 1.807) is 0 Å². The van der Waals surface area contributed by atoms with E-state index in [0.29, 0.717) is 30.2 Å². The highest BCUT2D eigenvalue weighted by molar-refractivity contribution is 6.31. The topological polar surface area (TPSA) is 56.7 Å². The van der Waals surface area contributed by atoms with Crippen molar-refractivity contribution >= 4 is 34.7 Å². The number of carbonyl (C=O) groups excluding carboxylic acids is 1. The van der Waals surface area contributed by atoms with Crippen LogP contribution in [0.1, 0.15) is 79.6 Å². The fraction of sp³-hybridized carbons (Fsp3) is 0.704. The number of amides is 1. The van der Waals surface area contributed by atoms with Crippen LogP contribution in [0.25, 0.3) is 0 Å². The van der Waals surface area contributed by atoms with Crippen LogP contribution < -0.4 is 10.6 Å². The highest BCUT2D eigenvalue weighted by Gasteiger charge is 2.55. The van der Waals surface area contributed by atoms with Gasteiger partial charge in [0.25, 0.3) is 0 Å². The zero-order valence-electron chi connectivity index (χ0n) is 20.8. The van der Waals surface area contributed by atoms with Crippen molar-refractivity contribution in [3.63, 3.8) is 0 Å². The lowest BCUT2D eigenvalue weighted by atomic mass is 9.65. The highest BCUT2D eigenvalue weighted by Crippen LogP contribution is 2.51. The quantitative estimate of drug-likeness (QED) is 0.530. The molecule has 3 aliphatic heterocycles. The molecule has 33 heavy (non-hydrogen) atoms. The number of amidine groups is 1. The standard InChI is InChI=1S/C27H39ClN4O/c1-25(2,3)16-26(4,5)31-24-27(30-21-13-19(28)9-10-20(21)29-24)14-17-7-6-8-22(33)32-12-11-18(15-27)23(17)32/h9-10,13,17-18,23,30H,6-8,11-12,14-16H2,1-5H3,(H,29,31)/t17-,18+,23-,27+/m1/s1. The molecule has 1 spiro atoms. The Bertz CT molecular complexity index is 981.